The zero-order valence-corrected chi connectivity index (χ0v) is 14.5. The summed E-state index contributed by atoms with van der Waals surface area (Å²) in [7, 11) is 0. The van der Waals surface area contributed by atoms with Crippen molar-refractivity contribution >= 4 is 70.7 Å². The minimum atomic E-state index is -0.259. The molecule has 0 nitrogen and oxygen atoms in total. The Morgan fingerprint density at radius 3 is 2.41 bits per heavy atom. The molecule has 17 heavy (non-hydrogen) atoms. The molecule has 1 aromatic carbocycles. The molecule has 0 aliphatic heterocycles. The minimum Gasteiger partial charge on any atom is -0.207 e. The van der Waals surface area contributed by atoms with Gasteiger partial charge in [-0.3, -0.25) is 0 Å². The van der Waals surface area contributed by atoms with Crippen LogP contribution in [0.1, 0.15) is 15.3 Å². The fourth-order valence-corrected chi connectivity index (χ4v) is 4.78. The van der Waals surface area contributed by atoms with E-state index in [1.165, 1.54) is 23.5 Å². The van der Waals surface area contributed by atoms with Crippen molar-refractivity contribution in [1.29, 1.82) is 0 Å². The molecule has 0 fully saturated rings. The molecule has 0 saturated heterocycles. The summed E-state index contributed by atoms with van der Waals surface area (Å²) in [5.74, 6) is -0.259. The Balaban J connectivity index is 2.39. The van der Waals surface area contributed by atoms with Gasteiger partial charge < -0.3 is 0 Å². The molecule has 0 radical (unpaired) electrons. The van der Waals surface area contributed by atoms with E-state index in [0.717, 1.165) is 19.4 Å². The number of hydrogen-bond acceptors (Lipinski definition) is 1. The standard InChI is InChI=1S/C11H5Br3ClFS/c12-7-3-5(16)1-2-6(7)10(14)9-4-8(13)11(15)17-9/h1-4,10H. The molecule has 1 atom stereocenters. The molecule has 1 unspecified atom stereocenters. The summed E-state index contributed by atoms with van der Waals surface area (Å²) in [4.78, 5) is 1.06. The average Bonchev–Trinajstić information content (AvgIpc) is 2.58. The summed E-state index contributed by atoms with van der Waals surface area (Å²) in [6, 6.07) is 6.61. The fourth-order valence-electron chi connectivity index (χ4n) is 1.35. The monoisotopic (exact) mass is 460 g/mol. The van der Waals surface area contributed by atoms with Crippen LogP contribution in [0, 0.1) is 5.82 Å². The van der Waals surface area contributed by atoms with Crippen LogP contribution in [-0.2, 0) is 0 Å². The predicted molar refractivity (Wildman–Crippen MR) is 81.9 cm³/mol. The van der Waals surface area contributed by atoms with Crippen LogP contribution < -0.4 is 0 Å². The molecular formula is C11H5Br3ClFS. The van der Waals surface area contributed by atoms with Crippen LogP contribution in [0.3, 0.4) is 0 Å². The molecule has 0 N–H and O–H groups in total. The zero-order chi connectivity index (χ0) is 12.6. The van der Waals surface area contributed by atoms with E-state index in [-0.39, 0.29) is 10.6 Å². The van der Waals surface area contributed by atoms with Gasteiger partial charge in [-0.25, -0.2) is 4.39 Å². The first kappa shape index (κ1) is 14.0. The Bertz CT molecular complexity index is 536. The highest BCUT2D eigenvalue weighted by Gasteiger charge is 2.17. The van der Waals surface area contributed by atoms with Gasteiger partial charge >= 0.3 is 0 Å². The van der Waals surface area contributed by atoms with Crippen molar-refractivity contribution in [3.05, 3.63) is 53.8 Å². The van der Waals surface area contributed by atoms with Crippen LogP contribution in [0.4, 0.5) is 4.39 Å². The number of hydrogen-bond donors (Lipinski definition) is 0. The van der Waals surface area contributed by atoms with E-state index in [4.69, 9.17) is 11.6 Å². The van der Waals surface area contributed by atoms with E-state index < -0.39 is 0 Å². The Labute approximate surface area is 133 Å². The Morgan fingerprint density at radius 2 is 1.88 bits per heavy atom. The molecule has 0 spiro atoms. The maximum atomic E-state index is 13.0. The van der Waals surface area contributed by atoms with Gasteiger partial charge in [0, 0.05) is 13.8 Å². The number of alkyl halides is 1. The van der Waals surface area contributed by atoms with Crippen LogP contribution in [-0.4, -0.2) is 0 Å². The van der Waals surface area contributed by atoms with E-state index in [1.807, 2.05) is 6.07 Å². The maximum Gasteiger partial charge on any atom is 0.124 e. The molecule has 0 aliphatic carbocycles. The Kier molecular flexibility index (Phi) is 4.69. The second-order valence-electron chi connectivity index (χ2n) is 3.30. The van der Waals surface area contributed by atoms with Crippen LogP contribution in [0.25, 0.3) is 0 Å². The van der Waals surface area contributed by atoms with Gasteiger partial charge in [0.2, 0.25) is 0 Å². The van der Waals surface area contributed by atoms with E-state index in [2.05, 4.69) is 47.8 Å². The number of rotatable bonds is 2. The molecule has 0 bridgehead atoms. The molecular weight excluding hydrogens is 458 g/mol. The van der Waals surface area contributed by atoms with Gasteiger partial charge in [-0.1, -0.05) is 49.5 Å². The third-order valence-corrected chi connectivity index (χ3v) is 6.67. The summed E-state index contributed by atoms with van der Waals surface area (Å²) in [6.07, 6.45) is 0. The normalized spacial score (nSPS) is 12.8. The molecule has 1 heterocycles. The quantitative estimate of drug-likeness (QED) is 0.443. The lowest BCUT2D eigenvalue weighted by molar-refractivity contribution is 0.626. The second-order valence-corrected chi connectivity index (χ2v) is 7.61. The first-order valence-corrected chi connectivity index (χ1v) is 8.22. The Morgan fingerprint density at radius 1 is 1.18 bits per heavy atom. The van der Waals surface area contributed by atoms with Crippen molar-refractivity contribution in [2.24, 2.45) is 0 Å². The van der Waals surface area contributed by atoms with Crippen LogP contribution >= 0.6 is 70.7 Å². The number of benzene rings is 1. The molecule has 2 rings (SSSR count). The highest BCUT2D eigenvalue weighted by atomic mass is 79.9. The smallest absolute Gasteiger partial charge is 0.124 e. The van der Waals surface area contributed by atoms with Crippen molar-refractivity contribution in [2.45, 2.75) is 4.83 Å². The molecule has 6 heteroatoms. The van der Waals surface area contributed by atoms with Gasteiger partial charge in [-0.2, -0.15) is 0 Å². The van der Waals surface area contributed by atoms with Crippen molar-refractivity contribution in [2.75, 3.05) is 0 Å². The van der Waals surface area contributed by atoms with Crippen molar-refractivity contribution in [3.63, 3.8) is 0 Å². The number of halogens is 5. The fraction of sp³-hybridized carbons (Fsp3) is 0.0909. The summed E-state index contributed by atoms with van der Waals surface area (Å²) in [5.41, 5.74) is 0.969. The minimum absolute atomic E-state index is 0.00808. The van der Waals surface area contributed by atoms with E-state index in [9.17, 15) is 4.39 Å². The SMILES string of the molecule is Fc1ccc(C(Br)c2cc(Br)c(Cl)s2)c(Br)c1. The maximum absolute atomic E-state index is 13.0. The second kappa shape index (κ2) is 5.70. The first-order chi connectivity index (χ1) is 7.99. The third kappa shape index (κ3) is 3.13. The van der Waals surface area contributed by atoms with Crippen LogP contribution in [0.2, 0.25) is 4.34 Å². The summed E-state index contributed by atoms with van der Waals surface area (Å²) < 4.78 is 15.3. The summed E-state index contributed by atoms with van der Waals surface area (Å²) in [6.45, 7) is 0. The first-order valence-electron chi connectivity index (χ1n) is 4.53. The predicted octanol–water partition coefficient (Wildman–Crippen LogP) is 6.55. The van der Waals surface area contributed by atoms with Gasteiger partial charge in [-0.15, -0.1) is 11.3 Å². The molecule has 90 valence electrons. The molecule has 1 aromatic heterocycles. The lowest BCUT2D eigenvalue weighted by atomic mass is 10.1. The highest BCUT2D eigenvalue weighted by Crippen LogP contribution is 2.43. The van der Waals surface area contributed by atoms with Crippen molar-refractivity contribution in [3.8, 4) is 0 Å². The zero-order valence-electron chi connectivity index (χ0n) is 8.18. The molecule has 0 aliphatic rings. The van der Waals surface area contributed by atoms with Gasteiger partial charge in [0.05, 0.1) is 4.83 Å². The Hall–Kier alpha value is 0.580. The van der Waals surface area contributed by atoms with Gasteiger partial charge in [0.1, 0.15) is 10.2 Å². The average molecular weight is 463 g/mol. The van der Waals surface area contributed by atoms with E-state index >= 15 is 0 Å². The van der Waals surface area contributed by atoms with Crippen LogP contribution in [0.5, 0.6) is 0 Å². The molecule has 0 amide bonds. The van der Waals surface area contributed by atoms with Gasteiger partial charge in [0.25, 0.3) is 0 Å². The van der Waals surface area contributed by atoms with Crippen molar-refractivity contribution < 1.29 is 4.39 Å². The molecule has 0 saturated carbocycles. The highest BCUT2D eigenvalue weighted by molar-refractivity contribution is 9.11. The lowest BCUT2D eigenvalue weighted by Crippen LogP contribution is -1.91. The lowest BCUT2D eigenvalue weighted by Gasteiger charge is -2.10. The van der Waals surface area contributed by atoms with Crippen molar-refractivity contribution in [1.82, 2.24) is 0 Å². The van der Waals surface area contributed by atoms with Gasteiger partial charge in [-0.05, 0) is 39.7 Å². The largest absolute Gasteiger partial charge is 0.207 e. The van der Waals surface area contributed by atoms with E-state index in [1.54, 1.807) is 6.07 Å². The number of thiophene rings is 1. The van der Waals surface area contributed by atoms with Crippen LogP contribution in [0.15, 0.2) is 33.2 Å². The topological polar surface area (TPSA) is 0 Å². The third-order valence-electron chi connectivity index (χ3n) is 2.15. The van der Waals surface area contributed by atoms with E-state index in [0.29, 0.717) is 4.34 Å². The summed E-state index contributed by atoms with van der Waals surface area (Å²) >= 11 is 17.8. The summed E-state index contributed by atoms with van der Waals surface area (Å²) in [5, 5.41) is 0. The molecule has 2 aromatic rings. The van der Waals surface area contributed by atoms with Gasteiger partial charge in [0.15, 0.2) is 0 Å².